The van der Waals surface area contributed by atoms with Crippen LogP contribution in [-0.4, -0.2) is 23.6 Å². The van der Waals surface area contributed by atoms with Crippen LogP contribution < -0.4 is 10.1 Å². The molecule has 0 saturated heterocycles. The van der Waals surface area contributed by atoms with Gasteiger partial charge in [-0.15, -0.1) is 0 Å². The summed E-state index contributed by atoms with van der Waals surface area (Å²) in [5, 5.41) is 2.81. The van der Waals surface area contributed by atoms with E-state index in [1.165, 1.54) is 0 Å². The minimum absolute atomic E-state index is 0.0602. The fourth-order valence-electron chi connectivity index (χ4n) is 3.14. The maximum Gasteiger partial charge on any atom is 0.337 e. The molecule has 0 saturated carbocycles. The van der Waals surface area contributed by atoms with Crippen LogP contribution in [0.3, 0.4) is 0 Å². The van der Waals surface area contributed by atoms with Gasteiger partial charge in [-0.1, -0.05) is 12.1 Å². The van der Waals surface area contributed by atoms with E-state index in [0.717, 1.165) is 11.3 Å². The van der Waals surface area contributed by atoms with Crippen LogP contribution in [0.15, 0.2) is 35.5 Å². The van der Waals surface area contributed by atoms with Crippen LogP contribution in [0.5, 0.6) is 5.75 Å². The van der Waals surface area contributed by atoms with Gasteiger partial charge in [-0.2, -0.15) is 0 Å². The minimum Gasteiger partial charge on any atom is -0.491 e. The Balaban J connectivity index is 2.03. The van der Waals surface area contributed by atoms with Crippen molar-refractivity contribution in [3.05, 3.63) is 41.1 Å². The molecule has 5 heteroatoms. The lowest BCUT2D eigenvalue weighted by atomic mass is 9.83. The summed E-state index contributed by atoms with van der Waals surface area (Å²) in [6, 6.07) is 7.57. The standard InChI is InChI=1S/C18H21NO4/c1-10(2)22-12-7-5-6-11(8-12)13-9-14(20)19-16-15(13)17(21)23-18(16,3)4/h5-8,10,13H,9H2,1-4H3,(H,19,20)/t13-/m0/s1. The molecule has 0 radical (unpaired) electrons. The molecule has 122 valence electrons. The summed E-state index contributed by atoms with van der Waals surface area (Å²) >= 11 is 0. The van der Waals surface area contributed by atoms with Crippen LogP contribution in [0.25, 0.3) is 0 Å². The summed E-state index contributed by atoms with van der Waals surface area (Å²) in [5.41, 5.74) is 1.22. The predicted octanol–water partition coefficient (Wildman–Crippen LogP) is 2.67. The smallest absolute Gasteiger partial charge is 0.337 e. The van der Waals surface area contributed by atoms with Gasteiger partial charge in [0, 0.05) is 12.3 Å². The van der Waals surface area contributed by atoms with Crippen molar-refractivity contribution in [3.8, 4) is 5.75 Å². The number of rotatable bonds is 3. The molecule has 1 aromatic rings. The Hall–Kier alpha value is -2.30. The van der Waals surface area contributed by atoms with E-state index in [1.54, 1.807) is 13.8 Å². The first kappa shape index (κ1) is 15.6. The van der Waals surface area contributed by atoms with E-state index in [0.29, 0.717) is 11.3 Å². The quantitative estimate of drug-likeness (QED) is 0.871. The second kappa shape index (κ2) is 5.41. The van der Waals surface area contributed by atoms with Gasteiger partial charge in [-0.25, -0.2) is 4.79 Å². The van der Waals surface area contributed by atoms with Crippen molar-refractivity contribution >= 4 is 11.9 Å². The number of cyclic esters (lactones) is 1. The molecule has 2 aliphatic heterocycles. The zero-order valence-corrected chi connectivity index (χ0v) is 13.8. The molecule has 0 aliphatic carbocycles. The second-order valence-electron chi connectivity index (χ2n) is 6.73. The topological polar surface area (TPSA) is 64.6 Å². The van der Waals surface area contributed by atoms with Crippen LogP contribution in [0.2, 0.25) is 0 Å². The molecular formula is C18H21NO4. The molecule has 1 aromatic carbocycles. The third kappa shape index (κ3) is 2.83. The number of nitrogens with one attached hydrogen (secondary N) is 1. The van der Waals surface area contributed by atoms with Crippen LogP contribution in [0, 0.1) is 0 Å². The average Bonchev–Trinajstić information content (AvgIpc) is 2.67. The number of ether oxygens (including phenoxy) is 2. The fraction of sp³-hybridized carbons (Fsp3) is 0.444. The molecule has 2 aliphatic rings. The molecule has 23 heavy (non-hydrogen) atoms. The number of hydrogen-bond donors (Lipinski definition) is 1. The Morgan fingerprint density at radius 2 is 2.04 bits per heavy atom. The highest BCUT2D eigenvalue weighted by Crippen LogP contribution is 2.43. The van der Waals surface area contributed by atoms with Gasteiger partial charge in [0.05, 0.1) is 17.4 Å². The van der Waals surface area contributed by atoms with Crippen LogP contribution in [0.1, 0.15) is 45.6 Å². The van der Waals surface area contributed by atoms with E-state index < -0.39 is 5.60 Å². The number of carbonyl (C=O) groups excluding carboxylic acids is 2. The maximum absolute atomic E-state index is 12.3. The fourth-order valence-corrected chi connectivity index (χ4v) is 3.14. The Labute approximate surface area is 135 Å². The van der Waals surface area contributed by atoms with E-state index in [4.69, 9.17) is 9.47 Å². The molecule has 0 unspecified atom stereocenters. The van der Waals surface area contributed by atoms with Crippen molar-refractivity contribution in [3.63, 3.8) is 0 Å². The highest BCUT2D eigenvalue weighted by atomic mass is 16.6. The van der Waals surface area contributed by atoms with Crippen molar-refractivity contribution < 1.29 is 19.1 Å². The van der Waals surface area contributed by atoms with Crippen molar-refractivity contribution in [2.24, 2.45) is 0 Å². The van der Waals surface area contributed by atoms with Gasteiger partial charge in [0.1, 0.15) is 11.4 Å². The maximum atomic E-state index is 12.3. The molecule has 2 heterocycles. The molecule has 0 spiro atoms. The number of benzene rings is 1. The summed E-state index contributed by atoms with van der Waals surface area (Å²) < 4.78 is 11.2. The zero-order chi connectivity index (χ0) is 16.8. The number of esters is 1. The SMILES string of the molecule is CC(C)Oc1cccc([C@@H]2CC(=O)NC3=C2C(=O)OC3(C)C)c1. The lowest BCUT2D eigenvalue weighted by Crippen LogP contribution is -2.38. The van der Waals surface area contributed by atoms with Gasteiger partial charge in [-0.05, 0) is 45.4 Å². The third-order valence-corrected chi connectivity index (χ3v) is 4.07. The van der Waals surface area contributed by atoms with Crippen molar-refractivity contribution in [2.45, 2.75) is 51.7 Å². The van der Waals surface area contributed by atoms with Gasteiger partial charge in [0.15, 0.2) is 0 Å². The van der Waals surface area contributed by atoms with Gasteiger partial charge >= 0.3 is 5.97 Å². The summed E-state index contributed by atoms with van der Waals surface area (Å²) in [6.07, 6.45) is 0.292. The average molecular weight is 315 g/mol. The van der Waals surface area contributed by atoms with Gasteiger partial charge in [0.2, 0.25) is 5.91 Å². The highest BCUT2D eigenvalue weighted by Gasteiger charge is 2.47. The Morgan fingerprint density at radius 1 is 1.30 bits per heavy atom. The molecule has 1 atom stereocenters. The molecule has 1 N–H and O–H groups in total. The number of carbonyl (C=O) groups is 2. The molecule has 3 rings (SSSR count). The van der Waals surface area contributed by atoms with Crippen molar-refractivity contribution in [2.75, 3.05) is 0 Å². The highest BCUT2D eigenvalue weighted by molar-refractivity contribution is 5.99. The first-order chi connectivity index (χ1) is 10.8. The summed E-state index contributed by atoms with van der Waals surface area (Å²) in [5.74, 6) is -0.0273. The second-order valence-corrected chi connectivity index (χ2v) is 6.73. The van der Waals surface area contributed by atoms with Crippen molar-refractivity contribution in [1.82, 2.24) is 5.32 Å². The normalized spacial score (nSPS) is 22.7. The lowest BCUT2D eigenvalue weighted by molar-refractivity contribution is -0.144. The van der Waals surface area contributed by atoms with Gasteiger partial charge < -0.3 is 14.8 Å². The van der Waals surface area contributed by atoms with Crippen molar-refractivity contribution in [1.29, 1.82) is 0 Å². The lowest BCUT2D eigenvalue weighted by Gasteiger charge is -2.27. The van der Waals surface area contributed by atoms with E-state index in [1.807, 2.05) is 38.1 Å². The van der Waals surface area contributed by atoms with E-state index in [9.17, 15) is 9.59 Å². The number of amides is 1. The number of hydrogen-bond acceptors (Lipinski definition) is 4. The van der Waals surface area contributed by atoms with E-state index in [2.05, 4.69) is 5.32 Å². The predicted molar refractivity (Wildman–Crippen MR) is 84.9 cm³/mol. The Bertz CT molecular complexity index is 703. The zero-order valence-electron chi connectivity index (χ0n) is 13.8. The van der Waals surface area contributed by atoms with Crippen LogP contribution >= 0.6 is 0 Å². The first-order valence-electron chi connectivity index (χ1n) is 7.82. The van der Waals surface area contributed by atoms with E-state index >= 15 is 0 Å². The molecule has 1 amide bonds. The Kier molecular flexibility index (Phi) is 3.66. The molecule has 0 aromatic heterocycles. The van der Waals surface area contributed by atoms with Crippen LogP contribution in [-0.2, 0) is 14.3 Å². The largest absolute Gasteiger partial charge is 0.491 e. The monoisotopic (exact) mass is 315 g/mol. The minimum atomic E-state index is -0.799. The summed E-state index contributed by atoms with van der Waals surface area (Å²) in [7, 11) is 0. The molecule has 0 fully saturated rings. The first-order valence-corrected chi connectivity index (χ1v) is 7.82. The third-order valence-electron chi connectivity index (χ3n) is 4.07. The summed E-state index contributed by atoms with van der Waals surface area (Å²) in [6.45, 7) is 7.48. The molecule has 5 nitrogen and oxygen atoms in total. The molecule has 0 bridgehead atoms. The van der Waals surface area contributed by atoms with Gasteiger partial charge in [0.25, 0.3) is 0 Å². The van der Waals surface area contributed by atoms with E-state index in [-0.39, 0.29) is 30.3 Å². The van der Waals surface area contributed by atoms with Crippen LogP contribution in [0.4, 0.5) is 0 Å². The van der Waals surface area contributed by atoms with Gasteiger partial charge in [-0.3, -0.25) is 4.79 Å². The Morgan fingerprint density at radius 3 is 2.74 bits per heavy atom. The summed E-state index contributed by atoms with van der Waals surface area (Å²) in [4.78, 5) is 24.4. The molecular weight excluding hydrogens is 294 g/mol.